The molecule has 0 fully saturated rings. The van der Waals surface area contributed by atoms with Crippen LogP contribution in [0.25, 0.3) is 0 Å². The van der Waals surface area contributed by atoms with E-state index in [2.05, 4.69) is 19.9 Å². The number of hydrogen-bond donors (Lipinski definition) is 0. The van der Waals surface area contributed by atoms with Crippen LogP contribution in [0, 0.1) is 5.41 Å². The number of allylic oxidation sites excluding steroid dienone is 1. The summed E-state index contributed by atoms with van der Waals surface area (Å²) in [6.45, 7) is 8.20. The van der Waals surface area contributed by atoms with Crippen LogP contribution in [-0.4, -0.2) is 24.6 Å². The Labute approximate surface area is 108 Å². The van der Waals surface area contributed by atoms with Crippen LogP contribution in [0.1, 0.15) is 47.0 Å². The topological polar surface area (TPSA) is 52.6 Å². The van der Waals surface area contributed by atoms with Crippen molar-refractivity contribution in [1.29, 1.82) is 0 Å². The van der Waals surface area contributed by atoms with Crippen molar-refractivity contribution in [3.05, 3.63) is 11.6 Å². The van der Waals surface area contributed by atoms with Crippen molar-refractivity contribution in [2.75, 3.05) is 6.61 Å². The van der Waals surface area contributed by atoms with E-state index in [1.807, 2.05) is 6.92 Å². The molecule has 4 nitrogen and oxygen atoms in total. The standard InChI is InChI=1S/C14H22O4/c1-5-17-12(15)8-13(16)18-10(2)11-6-7-14(3,4)9-11/h6,10H,5,7-9H2,1-4H3. The van der Waals surface area contributed by atoms with Gasteiger partial charge in [0, 0.05) is 0 Å². The molecule has 0 aromatic carbocycles. The van der Waals surface area contributed by atoms with Gasteiger partial charge in [-0.05, 0) is 37.7 Å². The van der Waals surface area contributed by atoms with Crippen molar-refractivity contribution in [1.82, 2.24) is 0 Å². The molecule has 0 aliphatic heterocycles. The van der Waals surface area contributed by atoms with E-state index in [4.69, 9.17) is 9.47 Å². The van der Waals surface area contributed by atoms with E-state index in [1.54, 1.807) is 6.92 Å². The summed E-state index contributed by atoms with van der Waals surface area (Å²) in [5.74, 6) is -1.05. The highest BCUT2D eigenvalue weighted by molar-refractivity contribution is 5.91. The zero-order valence-electron chi connectivity index (χ0n) is 11.6. The molecule has 0 radical (unpaired) electrons. The third-order valence-corrected chi connectivity index (χ3v) is 3.02. The molecule has 0 heterocycles. The fourth-order valence-corrected chi connectivity index (χ4v) is 2.06. The van der Waals surface area contributed by atoms with E-state index in [1.165, 1.54) is 0 Å². The maximum atomic E-state index is 11.5. The Morgan fingerprint density at radius 1 is 1.39 bits per heavy atom. The molecule has 1 aliphatic rings. The van der Waals surface area contributed by atoms with Crippen molar-refractivity contribution in [2.24, 2.45) is 5.41 Å². The van der Waals surface area contributed by atoms with Crippen LogP contribution in [0.3, 0.4) is 0 Å². The highest BCUT2D eigenvalue weighted by atomic mass is 16.6. The van der Waals surface area contributed by atoms with Crippen LogP contribution < -0.4 is 0 Å². The van der Waals surface area contributed by atoms with Gasteiger partial charge in [-0.2, -0.15) is 0 Å². The maximum absolute atomic E-state index is 11.5. The molecule has 18 heavy (non-hydrogen) atoms. The van der Waals surface area contributed by atoms with Crippen LogP contribution in [0.4, 0.5) is 0 Å². The van der Waals surface area contributed by atoms with Gasteiger partial charge in [-0.25, -0.2) is 0 Å². The van der Waals surface area contributed by atoms with Crippen molar-refractivity contribution in [3.63, 3.8) is 0 Å². The number of hydrogen-bond acceptors (Lipinski definition) is 4. The molecule has 1 atom stereocenters. The largest absolute Gasteiger partial charge is 0.466 e. The third kappa shape index (κ3) is 4.51. The minimum Gasteiger partial charge on any atom is -0.466 e. The molecule has 0 saturated heterocycles. The summed E-state index contributed by atoms with van der Waals surface area (Å²) in [5, 5.41) is 0. The SMILES string of the molecule is CCOC(=O)CC(=O)OC(C)C1=CCC(C)(C)C1. The van der Waals surface area contributed by atoms with Crippen LogP contribution in [0.2, 0.25) is 0 Å². The van der Waals surface area contributed by atoms with E-state index in [9.17, 15) is 9.59 Å². The lowest BCUT2D eigenvalue weighted by Gasteiger charge is -2.20. The highest BCUT2D eigenvalue weighted by Crippen LogP contribution is 2.38. The van der Waals surface area contributed by atoms with Gasteiger partial charge in [-0.1, -0.05) is 19.9 Å². The van der Waals surface area contributed by atoms with Crippen molar-refractivity contribution < 1.29 is 19.1 Å². The van der Waals surface area contributed by atoms with E-state index < -0.39 is 11.9 Å². The molecule has 0 N–H and O–H groups in total. The average molecular weight is 254 g/mol. The average Bonchev–Trinajstić information content (AvgIpc) is 2.58. The van der Waals surface area contributed by atoms with E-state index in [-0.39, 0.29) is 24.5 Å². The molecule has 0 saturated carbocycles. The summed E-state index contributed by atoms with van der Waals surface area (Å²) in [6.07, 6.45) is 3.49. The second kappa shape index (κ2) is 6.03. The monoisotopic (exact) mass is 254 g/mol. The fraction of sp³-hybridized carbons (Fsp3) is 0.714. The second-order valence-corrected chi connectivity index (χ2v) is 5.44. The quantitative estimate of drug-likeness (QED) is 0.430. The molecular weight excluding hydrogens is 232 g/mol. The van der Waals surface area contributed by atoms with Crippen molar-refractivity contribution in [2.45, 2.75) is 53.1 Å². The zero-order chi connectivity index (χ0) is 13.8. The third-order valence-electron chi connectivity index (χ3n) is 3.02. The Kier molecular flexibility index (Phi) is 4.93. The molecule has 0 aromatic rings. The van der Waals surface area contributed by atoms with Crippen LogP contribution in [-0.2, 0) is 19.1 Å². The number of esters is 2. The number of rotatable bonds is 5. The second-order valence-electron chi connectivity index (χ2n) is 5.44. The predicted octanol–water partition coefficient (Wildman–Crippen LogP) is 2.62. The first-order valence-corrected chi connectivity index (χ1v) is 6.38. The van der Waals surface area contributed by atoms with Crippen LogP contribution >= 0.6 is 0 Å². The van der Waals surface area contributed by atoms with E-state index in [0.29, 0.717) is 0 Å². The summed E-state index contributed by atoms with van der Waals surface area (Å²) < 4.78 is 9.93. The number of ether oxygens (including phenoxy) is 2. The molecule has 4 heteroatoms. The van der Waals surface area contributed by atoms with Gasteiger partial charge in [0.15, 0.2) is 0 Å². The van der Waals surface area contributed by atoms with Gasteiger partial charge >= 0.3 is 11.9 Å². The molecule has 0 spiro atoms. The number of carbonyl (C=O) groups excluding carboxylic acids is 2. The summed E-state index contributed by atoms with van der Waals surface area (Å²) in [5.41, 5.74) is 1.38. The lowest BCUT2D eigenvalue weighted by Crippen LogP contribution is -2.21. The minimum absolute atomic E-state index is 0.247. The number of carbonyl (C=O) groups is 2. The van der Waals surface area contributed by atoms with Crippen LogP contribution in [0.15, 0.2) is 11.6 Å². The smallest absolute Gasteiger partial charge is 0.317 e. The lowest BCUT2D eigenvalue weighted by atomic mass is 9.89. The summed E-state index contributed by atoms with van der Waals surface area (Å²) >= 11 is 0. The molecule has 1 unspecified atom stereocenters. The predicted molar refractivity (Wildman–Crippen MR) is 67.9 cm³/mol. The first-order valence-electron chi connectivity index (χ1n) is 6.38. The van der Waals surface area contributed by atoms with Crippen molar-refractivity contribution in [3.8, 4) is 0 Å². The zero-order valence-corrected chi connectivity index (χ0v) is 11.6. The minimum atomic E-state index is -0.532. The molecule has 0 amide bonds. The van der Waals surface area contributed by atoms with Gasteiger partial charge in [0.05, 0.1) is 6.61 Å². The highest BCUT2D eigenvalue weighted by Gasteiger charge is 2.28. The normalized spacial score (nSPS) is 19.0. The Balaban J connectivity index is 2.39. The first kappa shape index (κ1) is 14.7. The van der Waals surface area contributed by atoms with Crippen molar-refractivity contribution >= 4 is 11.9 Å². The molecule has 1 aliphatic carbocycles. The Morgan fingerprint density at radius 3 is 2.56 bits per heavy atom. The molecule has 0 bridgehead atoms. The molecular formula is C14H22O4. The molecule has 0 aromatic heterocycles. The van der Waals surface area contributed by atoms with E-state index in [0.717, 1.165) is 18.4 Å². The Hall–Kier alpha value is -1.32. The summed E-state index contributed by atoms with van der Waals surface area (Å²) in [6, 6.07) is 0. The summed E-state index contributed by atoms with van der Waals surface area (Å²) in [4.78, 5) is 22.6. The lowest BCUT2D eigenvalue weighted by molar-refractivity contribution is -0.156. The van der Waals surface area contributed by atoms with Gasteiger partial charge in [0.25, 0.3) is 0 Å². The Bertz CT molecular complexity index is 355. The molecule has 1 rings (SSSR count). The van der Waals surface area contributed by atoms with Gasteiger partial charge in [-0.3, -0.25) is 9.59 Å². The molecule has 102 valence electrons. The van der Waals surface area contributed by atoms with Gasteiger partial charge in [0.1, 0.15) is 12.5 Å². The maximum Gasteiger partial charge on any atom is 0.317 e. The van der Waals surface area contributed by atoms with Gasteiger partial charge in [0.2, 0.25) is 0 Å². The first-order chi connectivity index (χ1) is 8.34. The van der Waals surface area contributed by atoms with E-state index >= 15 is 0 Å². The summed E-state index contributed by atoms with van der Waals surface area (Å²) in [7, 11) is 0. The van der Waals surface area contributed by atoms with Gasteiger partial charge in [-0.15, -0.1) is 0 Å². The Morgan fingerprint density at radius 2 is 2.06 bits per heavy atom. The fourth-order valence-electron chi connectivity index (χ4n) is 2.06. The van der Waals surface area contributed by atoms with Crippen LogP contribution in [0.5, 0.6) is 0 Å². The van der Waals surface area contributed by atoms with Gasteiger partial charge < -0.3 is 9.47 Å².